The van der Waals surface area contributed by atoms with Gasteiger partial charge in [-0.25, -0.2) is 0 Å². The number of ether oxygens (including phenoxy) is 2. The second kappa shape index (κ2) is 6.94. The fraction of sp³-hybridized carbons (Fsp3) is 0.579. The highest BCUT2D eigenvalue weighted by Crippen LogP contribution is 2.49. The molecule has 1 N–H and O–H groups in total. The van der Waals surface area contributed by atoms with Crippen molar-refractivity contribution in [1.82, 2.24) is 4.90 Å². The number of methoxy groups -OCH3 is 2. The van der Waals surface area contributed by atoms with Crippen LogP contribution in [0.5, 0.6) is 11.5 Å². The molecule has 1 heterocycles. The second-order valence-electron chi connectivity index (χ2n) is 7.08. The summed E-state index contributed by atoms with van der Waals surface area (Å²) >= 11 is 0. The zero-order valence-corrected chi connectivity index (χ0v) is 15.1. The molecule has 1 saturated carbocycles. The predicted octanol–water partition coefficient (Wildman–Crippen LogP) is 2.68. The lowest BCUT2D eigenvalue weighted by atomic mass is 9.96. The minimum Gasteiger partial charge on any atom is -0.497 e. The van der Waals surface area contributed by atoms with Gasteiger partial charge >= 0.3 is 0 Å². The number of hydrogen-bond acceptors (Lipinski definition) is 4. The predicted molar refractivity (Wildman–Crippen MR) is 94.8 cm³/mol. The van der Waals surface area contributed by atoms with Gasteiger partial charge in [-0.1, -0.05) is 6.92 Å². The third-order valence-electron chi connectivity index (χ3n) is 5.32. The summed E-state index contributed by atoms with van der Waals surface area (Å²) in [7, 11) is 3.11. The molecule has 2 fully saturated rings. The Hall–Kier alpha value is -2.24. The molecule has 0 spiro atoms. The van der Waals surface area contributed by atoms with Gasteiger partial charge in [0.25, 0.3) is 0 Å². The van der Waals surface area contributed by atoms with Crippen molar-refractivity contribution in [2.75, 3.05) is 32.6 Å². The summed E-state index contributed by atoms with van der Waals surface area (Å²) in [6, 6.07) is 5.20. The van der Waals surface area contributed by atoms with E-state index in [1.807, 2.05) is 4.90 Å². The van der Waals surface area contributed by atoms with E-state index in [0.717, 1.165) is 25.9 Å². The maximum atomic E-state index is 12.9. The summed E-state index contributed by atoms with van der Waals surface area (Å²) in [5.41, 5.74) is -0.342. The van der Waals surface area contributed by atoms with E-state index in [1.165, 1.54) is 7.11 Å². The third kappa shape index (κ3) is 3.43. The van der Waals surface area contributed by atoms with Crippen molar-refractivity contribution in [3.05, 3.63) is 18.2 Å². The summed E-state index contributed by atoms with van der Waals surface area (Å²) in [5.74, 6) is 1.55. The van der Waals surface area contributed by atoms with Gasteiger partial charge in [-0.05, 0) is 43.7 Å². The number of carbonyl (C=O) groups excluding carboxylic acids is 2. The summed E-state index contributed by atoms with van der Waals surface area (Å²) in [6.07, 6.45) is 3.25. The van der Waals surface area contributed by atoms with Crippen LogP contribution in [-0.4, -0.2) is 44.0 Å². The Morgan fingerprint density at radius 2 is 1.84 bits per heavy atom. The van der Waals surface area contributed by atoms with Gasteiger partial charge in [0, 0.05) is 19.2 Å². The summed E-state index contributed by atoms with van der Waals surface area (Å²) in [5, 5.41) is 2.88. The minimum atomic E-state index is -0.897. The molecule has 1 saturated heterocycles. The summed E-state index contributed by atoms with van der Waals surface area (Å²) in [4.78, 5) is 27.6. The fourth-order valence-electron chi connectivity index (χ4n) is 3.32. The van der Waals surface area contributed by atoms with Crippen molar-refractivity contribution >= 4 is 17.5 Å². The van der Waals surface area contributed by atoms with Crippen LogP contribution >= 0.6 is 0 Å². The van der Waals surface area contributed by atoms with Gasteiger partial charge in [0.15, 0.2) is 0 Å². The Bertz CT molecular complexity index is 661. The van der Waals surface area contributed by atoms with Crippen LogP contribution in [0.2, 0.25) is 0 Å². The first-order chi connectivity index (χ1) is 12.0. The van der Waals surface area contributed by atoms with Gasteiger partial charge in [-0.3, -0.25) is 9.59 Å². The Kier molecular flexibility index (Phi) is 4.88. The van der Waals surface area contributed by atoms with E-state index in [-0.39, 0.29) is 11.8 Å². The second-order valence-corrected chi connectivity index (χ2v) is 7.08. The van der Waals surface area contributed by atoms with E-state index in [9.17, 15) is 9.59 Å². The number of rotatable bonds is 5. The number of amides is 2. The van der Waals surface area contributed by atoms with Gasteiger partial charge in [0.05, 0.1) is 19.9 Å². The first-order valence-corrected chi connectivity index (χ1v) is 8.83. The van der Waals surface area contributed by atoms with Crippen LogP contribution in [0.3, 0.4) is 0 Å². The Morgan fingerprint density at radius 3 is 2.40 bits per heavy atom. The van der Waals surface area contributed by atoms with E-state index >= 15 is 0 Å². The number of anilines is 1. The van der Waals surface area contributed by atoms with Gasteiger partial charge < -0.3 is 19.7 Å². The van der Waals surface area contributed by atoms with Gasteiger partial charge in [0.2, 0.25) is 11.8 Å². The molecular weight excluding hydrogens is 320 g/mol. The zero-order chi connectivity index (χ0) is 18.0. The number of piperidine rings is 1. The maximum Gasteiger partial charge on any atom is 0.240 e. The standard InChI is InChI=1S/C19H26N2O4/c1-13-6-10-21(11-7-13)18(23)19(8-9-19)17(22)20-15-5-4-14(24-2)12-16(15)25-3/h4-5,12-13H,6-11H2,1-3H3,(H,20,22). The van der Waals surface area contributed by atoms with Crippen LogP contribution in [0.15, 0.2) is 18.2 Å². The molecule has 25 heavy (non-hydrogen) atoms. The molecule has 0 aromatic heterocycles. The molecule has 1 aromatic rings. The van der Waals surface area contributed by atoms with Crippen LogP contribution in [-0.2, 0) is 9.59 Å². The van der Waals surface area contributed by atoms with Crippen molar-refractivity contribution in [1.29, 1.82) is 0 Å². The van der Waals surface area contributed by atoms with Crippen LogP contribution in [0, 0.1) is 11.3 Å². The lowest BCUT2D eigenvalue weighted by Gasteiger charge is -2.32. The summed E-state index contributed by atoms with van der Waals surface area (Å²) in [6.45, 7) is 3.71. The van der Waals surface area contributed by atoms with E-state index in [2.05, 4.69) is 12.2 Å². The monoisotopic (exact) mass is 346 g/mol. The molecule has 0 atom stereocenters. The van der Waals surface area contributed by atoms with Crippen molar-refractivity contribution < 1.29 is 19.1 Å². The molecule has 136 valence electrons. The van der Waals surface area contributed by atoms with Gasteiger partial charge in [-0.2, -0.15) is 0 Å². The maximum absolute atomic E-state index is 12.9. The third-order valence-corrected chi connectivity index (χ3v) is 5.32. The molecule has 0 unspecified atom stereocenters. The number of nitrogens with one attached hydrogen (secondary N) is 1. The molecule has 6 heteroatoms. The molecule has 1 aliphatic heterocycles. The topological polar surface area (TPSA) is 67.9 Å². The number of carbonyl (C=O) groups is 2. The smallest absolute Gasteiger partial charge is 0.240 e. The molecule has 2 amide bonds. The van der Waals surface area contributed by atoms with Crippen molar-refractivity contribution in [3.8, 4) is 11.5 Å². The van der Waals surface area contributed by atoms with Crippen LogP contribution < -0.4 is 14.8 Å². The molecule has 0 radical (unpaired) electrons. The Labute approximate surface area is 148 Å². The normalized spacial score (nSPS) is 19.2. The van der Waals surface area contributed by atoms with Crippen molar-refractivity contribution in [2.24, 2.45) is 11.3 Å². The fourth-order valence-corrected chi connectivity index (χ4v) is 3.32. The van der Waals surface area contributed by atoms with E-state index in [1.54, 1.807) is 25.3 Å². The average molecular weight is 346 g/mol. The van der Waals surface area contributed by atoms with Crippen molar-refractivity contribution in [3.63, 3.8) is 0 Å². The number of nitrogens with zero attached hydrogens (tertiary/aromatic N) is 1. The SMILES string of the molecule is COc1ccc(NC(=O)C2(C(=O)N3CCC(C)CC3)CC2)c(OC)c1. The van der Waals surface area contributed by atoms with E-state index < -0.39 is 5.41 Å². The lowest BCUT2D eigenvalue weighted by molar-refractivity contribution is -0.143. The quantitative estimate of drug-likeness (QED) is 0.833. The van der Waals surface area contributed by atoms with Gasteiger partial charge in [0.1, 0.15) is 16.9 Å². The number of benzene rings is 1. The van der Waals surface area contributed by atoms with Crippen LogP contribution in [0.4, 0.5) is 5.69 Å². The highest BCUT2D eigenvalue weighted by Gasteiger charge is 2.58. The zero-order valence-electron chi connectivity index (χ0n) is 15.1. The largest absolute Gasteiger partial charge is 0.497 e. The highest BCUT2D eigenvalue weighted by atomic mass is 16.5. The Morgan fingerprint density at radius 1 is 1.16 bits per heavy atom. The highest BCUT2D eigenvalue weighted by molar-refractivity contribution is 6.13. The molecule has 1 aromatic carbocycles. The summed E-state index contributed by atoms with van der Waals surface area (Å²) < 4.78 is 10.5. The van der Waals surface area contributed by atoms with Crippen molar-refractivity contribution in [2.45, 2.75) is 32.6 Å². The van der Waals surface area contributed by atoms with Crippen LogP contribution in [0.25, 0.3) is 0 Å². The Balaban J connectivity index is 1.71. The molecule has 1 aliphatic carbocycles. The minimum absolute atomic E-state index is 0.0237. The van der Waals surface area contributed by atoms with Gasteiger partial charge in [-0.15, -0.1) is 0 Å². The molecule has 2 aliphatic rings. The first-order valence-electron chi connectivity index (χ1n) is 8.83. The average Bonchev–Trinajstić information content (AvgIpc) is 3.44. The molecule has 6 nitrogen and oxygen atoms in total. The van der Waals surface area contributed by atoms with E-state index in [0.29, 0.717) is 35.9 Å². The molecule has 3 rings (SSSR count). The first kappa shape index (κ1) is 17.6. The molecule has 0 bridgehead atoms. The van der Waals surface area contributed by atoms with E-state index in [4.69, 9.17) is 9.47 Å². The van der Waals surface area contributed by atoms with Crippen LogP contribution in [0.1, 0.15) is 32.6 Å². The number of hydrogen-bond donors (Lipinski definition) is 1. The number of likely N-dealkylation sites (tertiary alicyclic amines) is 1. The lowest BCUT2D eigenvalue weighted by Crippen LogP contribution is -2.46. The molecular formula is C19H26N2O4.